The average Bonchev–Trinajstić information content (AvgIpc) is 3.03. The first-order chi connectivity index (χ1) is 11.7. The van der Waals surface area contributed by atoms with Crippen LogP contribution in [0.25, 0.3) is 0 Å². The van der Waals surface area contributed by atoms with Crippen LogP contribution in [0.15, 0.2) is 30.3 Å². The number of rotatable bonds is 5. The number of benzene rings is 1. The monoisotopic (exact) mass is 330 g/mol. The van der Waals surface area contributed by atoms with Crippen LogP contribution in [0.4, 0.5) is 5.69 Å². The Hall–Kier alpha value is -1.88. The number of amides is 2. The number of nitrogens with one attached hydrogen (secondary N) is 1. The molecule has 5 nitrogen and oxygen atoms in total. The van der Waals surface area contributed by atoms with Crippen LogP contribution >= 0.6 is 0 Å². The third-order valence-corrected chi connectivity index (χ3v) is 5.44. The molecule has 1 aliphatic carbocycles. The molecule has 24 heavy (non-hydrogen) atoms. The van der Waals surface area contributed by atoms with Gasteiger partial charge in [-0.1, -0.05) is 37.5 Å². The smallest absolute Gasteiger partial charge is 0.243 e. The normalized spacial score (nSPS) is 23.3. The molecule has 0 bridgehead atoms. The molecule has 0 radical (unpaired) electrons. The van der Waals surface area contributed by atoms with Crippen LogP contribution in [0.3, 0.4) is 0 Å². The molecule has 1 aromatic rings. The zero-order valence-electron chi connectivity index (χ0n) is 14.0. The summed E-state index contributed by atoms with van der Waals surface area (Å²) >= 11 is 0. The van der Waals surface area contributed by atoms with Gasteiger partial charge in [-0.05, 0) is 31.4 Å². The number of carbonyl (C=O) groups excluding carboxylic acids is 2. The third kappa shape index (κ3) is 3.46. The van der Waals surface area contributed by atoms with Crippen molar-refractivity contribution in [3.8, 4) is 0 Å². The van der Waals surface area contributed by atoms with E-state index in [1.165, 1.54) is 6.42 Å². The molecule has 1 unspecified atom stereocenters. The minimum Gasteiger partial charge on any atom is -0.396 e. The van der Waals surface area contributed by atoms with Gasteiger partial charge in [0.05, 0.1) is 6.61 Å². The maximum Gasteiger partial charge on any atom is 0.243 e. The van der Waals surface area contributed by atoms with Crippen LogP contribution in [0, 0.1) is 5.41 Å². The van der Waals surface area contributed by atoms with Crippen molar-refractivity contribution in [1.82, 2.24) is 5.32 Å². The predicted octanol–water partition coefficient (Wildman–Crippen LogP) is 2.24. The van der Waals surface area contributed by atoms with E-state index in [4.69, 9.17) is 0 Å². The topological polar surface area (TPSA) is 69.6 Å². The van der Waals surface area contributed by atoms with Crippen LogP contribution in [0.2, 0.25) is 0 Å². The fraction of sp³-hybridized carbons (Fsp3) is 0.579. The van der Waals surface area contributed by atoms with E-state index in [1.807, 2.05) is 30.3 Å². The maximum atomic E-state index is 12.7. The molecule has 2 fully saturated rings. The van der Waals surface area contributed by atoms with E-state index in [0.29, 0.717) is 19.4 Å². The standard InChI is InChI=1S/C19H26N2O3/c22-14-19(11-5-2-6-12-19)13-20-18(24)16-9-10-17(23)21(16)15-7-3-1-4-8-15/h1,3-4,7-8,16,22H,2,5-6,9-14H2,(H,20,24). The zero-order chi connectivity index (χ0) is 17.0. The van der Waals surface area contributed by atoms with Crippen molar-refractivity contribution in [2.24, 2.45) is 5.41 Å². The molecule has 1 aliphatic heterocycles. The molecular weight excluding hydrogens is 304 g/mol. The fourth-order valence-corrected chi connectivity index (χ4v) is 3.93. The number of hydrogen-bond donors (Lipinski definition) is 2. The van der Waals surface area contributed by atoms with Gasteiger partial charge in [-0.2, -0.15) is 0 Å². The first kappa shape index (κ1) is 17.0. The van der Waals surface area contributed by atoms with Gasteiger partial charge in [0.1, 0.15) is 6.04 Å². The van der Waals surface area contributed by atoms with E-state index in [0.717, 1.165) is 31.4 Å². The highest BCUT2D eigenvalue weighted by Crippen LogP contribution is 2.35. The first-order valence-corrected chi connectivity index (χ1v) is 8.91. The van der Waals surface area contributed by atoms with Gasteiger partial charge in [-0.25, -0.2) is 0 Å². The molecule has 2 amide bonds. The highest BCUT2D eigenvalue weighted by molar-refractivity contribution is 6.03. The summed E-state index contributed by atoms with van der Waals surface area (Å²) in [4.78, 5) is 26.5. The lowest BCUT2D eigenvalue weighted by molar-refractivity contribution is -0.124. The second-order valence-electron chi connectivity index (χ2n) is 7.09. The van der Waals surface area contributed by atoms with Crippen molar-refractivity contribution < 1.29 is 14.7 Å². The zero-order valence-corrected chi connectivity index (χ0v) is 14.0. The molecule has 1 saturated carbocycles. The van der Waals surface area contributed by atoms with Crippen LogP contribution in [-0.2, 0) is 9.59 Å². The summed E-state index contributed by atoms with van der Waals surface area (Å²) in [6.45, 7) is 0.606. The Balaban J connectivity index is 1.66. The molecule has 2 aliphatic rings. The summed E-state index contributed by atoms with van der Waals surface area (Å²) < 4.78 is 0. The molecule has 0 spiro atoms. The van der Waals surface area contributed by atoms with Crippen molar-refractivity contribution in [1.29, 1.82) is 0 Å². The summed E-state index contributed by atoms with van der Waals surface area (Å²) in [5.41, 5.74) is 0.586. The van der Waals surface area contributed by atoms with Crippen molar-refractivity contribution >= 4 is 17.5 Å². The fourth-order valence-electron chi connectivity index (χ4n) is 3.93. The van der Waals surface area contributed by atoms with Gasteiger partial charge in [0.25, 0.3) is 0 Å². The number of anilines is 1. The van der Waals surface area contributed by atoms with Crippen LogP contribution in [-0.4, -0.2) is 36.1 Å². The third-order valence-electron chi connectivity index (χ3n) is 5.44. The molecule has 5 heteroatoms. The molecule has 130 valence electrons. The van der Waals surface area contributed by atoms with Gasteiger partial charge in [0.2, 0.25) is 11.8 Å². The Morgan fingerprint density at radius 2 is 1.92 bits per heavy atom. The lowest BCUT2D eigenvalue weighted by Crippen LogP contribution is -2.49. The lowest BCUT2D eigenvalue weighted by Gasteiger charge is -2.36. The molecule has 1 heterocycles. The van der Waals surface area contributed by atoms with E-state index in [-0.39, 0.29) is 23.8 Å². The van der Waals surface area contributed by atoms with Crippen LogP contribution < -0.4 is 10.2 Å². The highest BCUT2D eigenvalue weighted by atomic mass is 16.3. The Morgan fingerprint density at radius 3 is 2.58 bits per heavy atom. The van der Waals surface area contributed by atoms with Gasteiger partial charge >= 0.3 is 0 Å². The Bertz CT molecular complexity index is 582. The van der Waals surface area contributed by atoms with E-state index in [1.54, 1.807) is 4.90 Å². The van der Waals surface area contributed by atoms with Gasteiger partial charge < -0.3 is 10.4 Å². The Kier molecular flexibility index (Phi) is 5.19. The van der Waals surface area contributed by atoms with E-state index in [2.05, 4.69) is 5.32 Å². The Labute approximate surface area is 143 Å². The minimum atomic E-state index is -0.445. The maximum absolute atomic E-state index is 12.7. The van der Waals surface area contributed by atoms with Gasteiger partial charge in [-0.3, -0.25) is 14.5 Å². The first-order valence-electron chi connectivity index (χ1n) is 8.91. The second kappa shape index (κ2) is 7.34. The van der Waals surface area contributed by atoms with Gasteiger partial charge in [-0.15, -0.1) is 0 Å². The number of aliphatic hydroxyl groups excluding tert-OH is 1. The minimum absolute atomic E-state index is 0.00381. The van der Waals surface area contributed by atoms with Crippen molar-refractivity contribution in [2.75, 3.05) is 18.1 Å². The summed E-state index contributed by atoms with van der Waals surface area (Å²) in [5.74, 6) is -0.112. The van der Waals surface area contributed by atoms with Crippen LogP contribution in [0.5, 0.6) is 0 Å². The molecule has 3 rings (SSSR count). The van der Waals surface area contributed by atoms with E-state index in [9.17, 15) is 14.7 Å². The molecule has 2 N–H and O–H groups in total. The summed E-state index contributed by atoms with van der Waals surface area (Å²) in [5, 5.41) is 12.8. The van der Waals surface area contributed by atoms with Crippen molar-refractivity contribution in [2.45, 2.75) is 51.0 Å². The summed E-state index contributed by atoms with van der Waals surface area (Å²) in [6.07, 6.45) is 6.27. The molecule has 1 atom stereocenters. The van der Waals surface area contributed by atoms with Gasteiger partial charge in [0.15, 0.2) is 0 Å². The van der Waals surface area contributed by atoms with Crippen molar-refractivity contribution in [3.05, 3.63) is 30.3 Å². The van der Waals surface area contributed by atoms with Crippen molar-refractivity contribution in [3.63, 3.8) is 0 Å². The quantitative estimate of drug-likeness (QED) is 0.870. The number of aliphatic hydroxyl groups is 1. The van der Waals surface area contributed by atoms with Gasteiger partial charge in [0, 0.05) is 24.1 Å². The number of hydrogen-bond acceptors (Lipinski definition) is 3. The lowest BCUT2D eigenvalue weighted by atomic mass is 9.74. The van der Waals surface area contributed by atoms with Crippen LogP contribution in [0.1, 0.15) is 44.9 Å². The Morgan fingerprint density at radius 1 is 1.21 bits per heavy atom. The average molecular weight is 330 g/mol. The number of carbonyl (C=O) groups is 2. The second-order valence-corrected chi connectivity index (χ2v) is 7.09. The molecule has 1 saturated heterocycles. The van der Waals surface area contributed by atoms with E-state index >= 15 is 0 Å². The molecule has 0 aromatic heterocycles. The number of para-hydroxylation sites is 1. The summed E-state index contributed by atoms with van der Waals surface area (Å²) in [7, 11) is 0. The largest absolute Gasteiger partial charge is 0.396 e. The van der Waals surface area contributed by atoms with E-state index < -0.39 is 6.04 Å². The highest BCUT2D eigenvalue weighted by Gasteiger charge is 2.38. The molecular formula is C19H26N2O3. The predicted molar refractivity (Wildman–Crippen MR) is 92.6 cm³/mol. The number of nitrogens with zero attached hydrogens (tertiary/aromatic N) is 1. The SMILES string of the molecule is O=C(NCC1(CO)CCCCC1)C1CCC(=O)N1c1ccccc1. The summed E-state index contributed by atoms with van der Waals surface area (Å²) in [6, 6.07) is 8.92. The molecule has 1 aromatic carbocycles.